The molecule has 3 rings (SSSR count). The summed E-state index contributed by atoms with van der Waals surface area (Å²) in [5.74, 6) is 0.896. The number of carbonyl (C=O) groups is 2. The summed E-state index contributed by atoms with van der Waals surface area (Å²) in [4.78, 5) is 28.2. The van der Waals surface area contributed by atoms with Gasteiger partial charge in [-0.05, 0) is 42.2 Å². The molecule has 0 unspecified atom stereocenters. The fourth-order valence-electron chi connectivity index (χ4n) is 3.45. The molecule has 5 heteroatoms. The number of amides is 2. The van der Waals surface area contributed by atoms with Crippen molar-refractivity contribution in [1.82, 2.24) is 4.90 Å². The standard InChI is InChI=1S/C22H26N2O3/c1-17(25)23(14-11-18-7-9-20(27-2)10-8-18)15-13-22(26)24-16-12-19-5-3-4-6-21(19)24/h3-10H,11-16H2,1-2H3. The summed E-state index contributed by atoms with van der Waals surface area (Å²) in [5.41, 5.74) is 3.37. The maximum absolute atomic E-state index is 12.7. The van der Waals surface area contributed by atoms with E-state index in [4.69, 9.17) is 4.74 Å². The van der Waals surface area contributed by atoms with Crippen molar-refractivity contribution in [1.29, 1.82) is 0 Å². The quantitative estimate of drug-likeness (QED) is 0.757. The molecular formula is C22H26N2O3. The predicted molar refractivity (Wildman–Crippen MR) is 106 cm³/mol. The van der Waals surface area contributed by atoms with Crippen molar-refractivity contribution in [2.45, 2.75) is 26.2 Å². The van der Waals surface area contributed by atoms with Crippen molar-refractivity contribution in [2.24, 2.45) is 0 Å². The van der Waals surface area contributed by atoms with Gasteiger partial charge in [0.2, 0.25) is 11.8 Å². The number of nitrogens with zero attached hydrogens (tertiary/aromatic N) is 2. The summed E-state index contributed by atoms with van der Waals surface area (Å²) < 4.78 is 5.16. The van der Waals surface area contributed by atoms with E-state index < -0.39 is 0 Å². The molecule has 1 aliphatic rings. The normalized spacial score (nSPS) is 12.6. The van der Waals surface area contributed by atoms with Gasteiger partial charge in [0, 0.05) is 38.7 Å². The number of ether oxygens (including phenoxy) is 1. The van der Waals surface area contributed by atoms with Crippen LogP contribution in [0.1, 0.15) is 24.5 Å². The Kier molecular flexibility index (Phi) is 6.12. The minimum atomic E-state index is -0.00173. The van der Waals surface area contributed by atoms with Gasteiger partial charge < -0.3 is 14.5 Å². The topological polar surface area (TPSA) is 49.9 Å². The van der Waals surface area contributed by atoms with Crippen LogP contribution in [-0.4, -0.2) is 43.5 Å². The Hall–Kier alpha value is -2.82. The van der Waals surface area contributed by atoms with Gasteiger partial charge in [0.25, 0.3) is 0 Å². The van der Waals surface area contributed by atoms with Crippen LogP contribution >= 0.6 is 0 Å². The molecule has 0 saturated carbocycles. The highest BCUT2D eigenvalue weighted by molar-refractivity contribution is 5.95. The molecule has 0 bridgehead atoms. The highest BCUT2D eigenvalue weighted by Crippen LogP contribution is 2.27. The third-order valence-corrected chi connectivity index (χ3v) is 5.06. The average molecular weight is 366 g/mol. The lowest BCUT2D eigenvalue weighted by Gasteiger charge is -2.23. The van der Waals surface area contributed by atoms with E-state index >= 15 is 0 Å². The van der Waals surface area contributed by atoms with Crippen LogP contribution in [0, 0.1) is 0 Å². The molecule has 0 aliphatic carbocycles. The van der Waals surface area contributed by atoms with Crippen molar-refractivity contribution in [3.05, 3.63) is 59.7 Å². The maximum Gasteiger partial charge on any atom is 0.228 e. The molecule has 0 N–H and O–H groups in total. The molecule has 0 fully saturated rings. The monoisotopic (exact) mass is 366 g/mol. The van der Waals surface area contributed by atoms with Gasteiger partial charge in [0.15, 0.2) is 0 Å². The van der Waals surface area contributed by atoms with Crippen LogP contribution in [0.25, 0.3) is 0 Å². The summed E-state index contributed by atoms with van der Waals surface area (Å²) in [6.07, 6.45) is 2.00. The first-order chi connectivity index (χ1) is 13.1. The predicted octanol–water partition coefficient (Wildman–Crippen LogP) is 3.07. The lowest BCUT2D eigenvalue weighted by molar-refractivity contribution is -0.129. The van der Waals surface area contributed by atoms with E-state index in [1.807, 2.05) is 47.4 Å². The van der Waals surface area contributed by atoms with Crippen LogP contribution in [0.4, 0.5) is 5.69 Å². The van der Waals surface area contributed by atoms with Crippen molar-refractivity contribution >= 4 is 17.5 Å². The number of hydrogen-bond donors (Lipinski definition) is 0. The number of methoxy groups -OCH3 is 1. The van der Waals surface area contributed by atoms with Gasteiger partial charge in [-0.15, -0.1) is 0 Å². The molecule has 5 nitrogen and oxygen atoms in total. The van der Waals surface area contributed by atoms with E-state index in [9.17, 15) is 9.59 Å². The van der Waals surface area contributed by atoms with E-state index in [1.165, 1.54) is 5.56 Å². The van der Waals surface area contributed by atoms with Crippen molar-refractivity contribution in [3.8, 4) is 5.75 Å². The third kappa shape index (κ3) is 4.67. The highest BCUT2D eigenvalue weighted by atomic mass is 16.5. The number of benzene rings is 2. The molecule has 0 saturated heterocycles. The van der Waals surface area contributed by atoms with E-state index in [1.54, 1.807) is 18.9 Å². The smallest absolute Gasteiger partial charge is 0.228 e. The number of carbonyl (C=O) groups excluding carboxylic acids is 2. The Morgan fingerprint density at radius 3 is 2.52 bits per heavy atom. The van der Waals surface area contributed by atoms with E-state index in [0.717, 1.165) is 36.4 Å². The molecule has 0 atom stereocenters. The van der Waals surface area contributed by atoms with Crippen molar-refractivity contribution in [3.63, 3.8) is 0 Å². The minimum absolute atomic E-state index is 0.00173. The second kappa shape index (κ2) is 8.71. The van der Waals surface area contributed by atoms with Gasteiger partial charge in [-0.25, -0.2) is 0 Å². The fourth-order valence-corrected chi connectivity index (χ4v) is 3.45. The summed E-state index contributed by atoms with van der Waals surface area (Å²) in [7, 11) is 1.64. The molecule has 27 heavy (non-hydrogen) atoms. The van der Waals surface area contributed by atoms with Gasteiger partial charge in [0.05, 0.1) is 7.11 Å². The Morgan fingerprint density at radius 1 is 1.07 bits per heavy atom. The number of rotatable bonds is 7. The Labute approximate surface area is 160 Å². The maximum atomic E-state index is 12.7. The average Bonchev–Trinajstić information content (AvgIpc) is 3.12. The van der Waals surface area contributed by atoms with Crippen LogP contribution in [0.15, 0.2) is 48.5 Å². The van der Waals surface area contributed by atoms with Gasteiger partial charge in [0.1, 0.15) is 5.75 Å². The first-order valence-electron chi connectivity index (χ1n) is 9.35. The first-order valence-corrected chi connectivity index (χ1v) is 9.35. The first kappa shape index (κ1) is 19.0. The molecular weight excluding hydrogens is 340 g/mol. The fraction of sp³-hybridized carbons (Fsp3) is 0.364. The number of fused-ring (bicyclic) bond motifs is 1. The van der Waals surface area contributed by atoms with Crippen LogP contribution in [0.5, 0.6) is 5.75 Å². The number of anilines is 1. The van der Waals surface area contributed by atoms with Crippen molar-refractivity contribution < 1.29 is 14.3 Å². The zero-order chi connectivity index (χ0) is 19.2. The largest absolute Gasteiger partial charge is 0.497 e. The summed E-state index contributed by atoms with van der Waals surface area (Å²) in [6.45, 7) is 3.34. The van der Waals surface area contributed by atoms with Crippen LogP contribution < -0.4 is 9.64 Å². The lowest BCUT2D eigenvalue weighted by Crippen LogP contribution is -2.36. The Bertz CT molecular complexity index is 801. The zero-order valence-corrected chi connectivity index (χ0v) is 16.0. The molecule has 0 aromatic heterocycles. The van der Waals surface area contributed by atoms with Gasteiger partial charge >= 0.3 is 0 Å². The van der Waals surface area contributed by atoms with Crippen LogP contribution in [0.2, 0.25) is 0 Å². The molecule has 2 aromatic rings. The minimum Gasteiger partial charge on any atom is -0.497 e. The number of hydrogen-bond acceptors (Lipinski definition) is 3. The molecule has 1 aliphatic heterocycles. The summed E-state index contributed by atoms with van der Waals surface area (Å²) in [5, 5.41) is 0. The summed E-state index contributed by atoms with van der Waals surface area (Å²) >= 11 is 0. The molecule has 2 amide bonds. The Morgan fingerprint density at radius 2 is 1.81 bits per heavy atom. The second-order valence-electron chi connectivity index (χ2n) is 6.78. The van der Waals surface area contributed by atoms with E-state index in [0.29, 0.717) is 19.5 Å². The number of para-hydroxylation sites is 1. The van der Waals surface area contributed by atoms with Gasteiger partial charge in [-0.3, -0.25) is 9.59 Å². The zero-order valence-electron chi connectivity index (χ0n) is 16.0. The second-order valence-corrected chi connectivity index (χ2v) is 6.78. The molecule has 2 aromatic carbocycles. The molecule has 0 radical (unpaired) electrons. The van der Waals surface area contributed by atoms with Gasteiger partial charge in [-0.1, -0.05) is 30.3 Å². The summed E-state index contributed by atoms with van der Waals surface area (Å²) in [6, 6.07) is 15.9. The van der Waals surface area contributed by atoms with Crippen molar-refractivity contribution in [2.75, 3.05) is 31.6 Å². The highest BCUT2D eigenvalue weighted by Gasteiger charge is 2.24. The van der Waals surface area contributed by atoms with Gasteiger partial charge in [-0.2, -0.15) is 0 Å². The molecule has 142 valence electrons. The molecule has 1 heterocycles. The molecule has 0 spiro atoms. The van der Waals surface area contributed by atoms with Crippen LogP contribution in [0.3, 0.4) is 0 Å². The van der Waals surface area contributed by atoms with E-state index in [2.05, 4.69) is 6.07 Å². The third-order valence-electron chi connectivity index (χ3n) is 5.06. The SMILES string of the molecule is COc1ccc(CCN(CCC(=O)N2CCc3ccccc32)C(C)=O)cc1. The van der Waals surface area contributed by atoms with E-state index in [-0.39, 0.29) is 11.8 Å². The van der Waals surface area contributed by atoms with Crippen LogP contribution in [-0.2, 0) is 22.4 Å². The lowest BCUT2D eigenvalue weighted by atomic mass is 10.1. The Balaban J connectivity index is 1.53.